The van der Waals surface area contributed by atoms with Crippen LogP contribution in [0.15, 0.2) is 77.5 Å². The molecule has 8 nitrogen and oxygen atoms in total. The summed E-state index contributed by atoms with van der Waals surface area (Å²) in [6, 6.07) is 18.0. The predicted octanol–water partition coefficient (Wildman–Crippen LogP) is 5.17. The predicted molar refractivity (Wildman–Crippen MR) is 142 cm³/mol. The Morgan fingerprint density at radius 2 is 1.46 bits per heavy atom. The van der Waals surface area contributed by atoms with Gasteiger partial charge in [0.15, 0.2) is 0 Å². The number of anilines is 3. The Kier molecular flexibility index (Phi) is 7.40. The number of esters is 1. The number of benzene rings is 3. The fourth-order valence-corrected chi connectivity index (χ4v) is 3.89. The fraction of sp³-hybridized carbons (Fsp3) is 0.143. The number of carbonyl (C=O) groups is 4. The van der Waals surface area contributed by atoms with Crippen molar-refractivity contribution in [2.75, 3.05) is 22.1 Å². The van der Waals surface area contributed by atoms with Crippen LogP contribution in [-0.2, 0) is 14.3 Å². The Morgan fingerprint density at radius 1 is 0.838 bits per heavy atom. The maximum atomic E-state index is 13.0. The van der Waals surface area contributed by atoms with Gasteiger partial charge in [-0.25, -0.2) is 9.69 Å². The summed E-state index contributed by atoms with van der Waals surface area (Å²) in [7, 11) is 0. The van der Waals surface area contributed by atoms with E-state index in [1.165, 1.54) is 24.3 Å². The molecule has 0 bridgehead atoms. The zero-order valence-corrected chi connectivity index (χ0v) is 21.2. The number of hydrogen-bond donors (Lipinski definition) is 2. The molecule has 1 aliphatic heterocycles. The van der Waals surface area contributed by atoms with Crippen LogP contribution in [0, 0.1) is 13.8 Å². The van der Waals surface area contributed by atoms with E-state index < -0.39 is 17.8 Å². The van der Waals surface area contributed by atoms with Gasteiger partial charge in [0.25, 0.3) is 17.7 Å². The van der Waals surface area contributed by atoms with E-state index in [0.29, 0.717) is 22.5 Å². The molecule has 1 aliphatic rings. The van der Waals surface area contributed by atoms with Crippen molar-refractivity contribution in [3.05, 3.63) is 99.7 Å². The number of amides is 3. The first-order valence-corrected chi connectivity index (χ1v) is 11.9. The Bertz CT molecular complexity index is 1430. The quantitative estimate of drug-likeness (QED) is 0.331. The van der Waals surface area contributed by atoms with Gasteiger partial charge in [0, 0.05) is 16.9 Å². The number of halogens is 1. The SMILES string of the molecule is CCOC(=O)c1ccc(N2C(=O)C(Cl)=C(Nc3ccc(C(=O)Nc4ccc(C)c(C)c4)cc3)C2=O)cc1. The summed E-state index contributed by atoms with van der Waals surface area (Å²) in [5.74, 6) is -2.12. The highest BCUT2D eigenvalue weighted by atomic mass is 35.5. The van der Waals surface area contributed by atoms with Gasteiger partial charge in [-0.15, -0.1) is 0 Å². The molecule has 3 aromatic carbocycles. The number of hydrogen-bond acceptors (Lipinski definition) is 6. The summed E-state index contributed by atoms with van der Waals surface area (Å²) in [5, 5.41) is 5.47. The lowest BCUT2D eigenvalue weighted by Crippen LogP contribution is -2.32. The molecule has 1 heterocycles. The maximum Gasteiger partial charge on any atom is 0.338 e. The van der Waals surface area contributed by atoms with Crippen LogP contribution < -0.4 is 15.5 Å². The van der Waals surface area contributed by atoms with Crippen LogP contribution in [0.5, 0.6) is 0 Å². The average molecular weight is 518 g/mol. The topological polar surface area (TPSA) is 105 Å². The van der Waals surface area contributed by atoms with Crippen molar-refractivity contribution in [2.24, 2.45) is 0 Å². The molecule has 4 rings (SSSR count). The monoisotopic (exact) mass is 517 g/mol. The van der Waals surface area contributed by atoms with E-state index >= 15 is 0 Å². The first-order valence-electron chi connectivity index (χ1n) is 11.5. The molecule has 0 aromatic heterocycles. The third kappa shape index (κ3) is 5.39. The maximum absolute atomic E-state index is 13.0. The van der Waals surface area contributed by atoms with Gasteiger partial charge >= 0.3 is 5.97 Å². The van der Waals surface area contributed by atoms with Crippen molar-refractivity contribution in [1.82, 2.24) is 0 Å². The molecule has 0 saturated heterocycles. The lowest BCUT2D eigenvalue weighted by Gasteiger charge is -2.15. The number of carbonyl (C=O) groups excluding carboxylic acids is 4. The van der Waals surface area contributed by atoms with Crippen molar-refractivity contribution >= 4 is 52.4 Å². The summed E-state index contributed by atoms with van der Waals surface area (Å²) in [4.78, 5) is 51.2. The molecule has 0 radical (unpaired) electrons. The molecule has 2 N–H and O–H groups in total. The first-order chi connectivity index (χ1) is 17.7. The van der Waals surface area contributed by atoms with Crippen LogP contribution in [-0.4, -0.2) is 30.3 Å². The van der Waals surface area contributed by atoms with Gasteiger partial charge in [0.2, 0.25) is 0 Å². The second-order valence-corrected chi connectivity index (χ2v) is 8.74. The second-order valence-electron chi connectivity index (χ2n) is 8.36. The highest BCUT2D eigenvalue weighted by Gasteiger charge is 2.39. The summed E-state index contributed by atoms with van der Waals surface area (Å²) < 4.78 is 4.95. The molecule has 0 aliphatic carbocycles. The van der Waals surface area contributed by atoms with Crippen LogP contribution in [0.1, 0.15) is 38.8 Å². The molecular weight excluding hydrogens is 494 g/mol. The molecule has 9 heteroatoms. The molecule has 0 spiro atoms. The Hall–Kier alpha value is -4.43. The Morgan fingerprint density at radius 3 is 2.08 bits per heavy atom. The van der Waals surface area contributed by atoms with E-state index in [9.17, 15) is 19.2 Å². The number of aryl methyl sites for hydroxylation is 2. The standard InChI is InChI=1S/C28H24ClN3O5/c1-4-37-28(36)19-8-13-22(14-9-19)32-26(34)23(29)24(27(32)35)30-20-11-6-18(7-12-20)25(33)31-21-10-5-16(2)17(3)15-21/h5-15,30H,4H2,1-3H3,(H,31,33). The fourth-order valence-electron chi connectivity index (χ4n) is 3.68. The Balaban J connectivity index is 1.45. The van der Waals surface area contributed by atoms with Crippen LogP contribution in [0.2, 0.25) is 0 Å². The minimum atomic E-state index is -0.692. The summed E-state index contributed by atoms with van der Waals surface area (Å²) >= 11 is 6.20. The van der Waals surface area contributed by atoms with Gasteiger partial charge < -0.3 is 15.4 Å². The van der Waals surface area contributed by atoms with E-state index in [-0.39, 0.29) is 28.9 Å². The molecule has 0 unspecified atom stereocenters. The minimum absolute atomic E-state index is 0.0894. The smallest absolute Gasteiger partial charge is 0.338 e. The first kappa shape index (κ1) is 25.7. The third-order valence-electron chi connectivity index (χ3n) is 5.85. The van der Waals surface area contributed by atoms with Gasteiger partial charge in [0.1, 0.15) is 10.7 Å². The van der Waals surface area contributed by atoms with Gasteiger partial charge in [-0.05, 0) is 92.6 Å². The van der Waals surface area contributed by atoms with Gasteiger partial charge in [-0.1, -0.05) is 17.7 Å². The molecule has 37 heavy (non-hydrogen) atoms. The molecule has 0 atom stereocenters. The van der Waals surface area contributed by atoms with Crippen molar-refractivity contribution in [3.8, 4) is 0 Å². The van der Waals surface area contributed by atoms with Gasteiger partial charge in [-0.3, -0.25) is 14.4 Å². The van der Waals surface area contributed by atoms with Crippen LogP contribution in [0.4, 0.5) is 17.1 Å². The lowest BCUT2D eigenvalue weighted by molar-refractivity contribution is -0.120. The normalized spacial score (nSPS) is 13.1. The third-order valence-corrected chi connectivity index (χ3v) is 6.20. The van der Waals surface area contributed by atoms with E-state index in [0.717, 1.165) is 16.0 Å². The van der Waals surface area contributed by atoms with E-state index in [4.69, 9.17) is 16.3 Å². The number of imide groups is 1. The second kappa shape index (κ2) is 10.7. The van der Waals surface area contributed by atoms with E-state index in [2.05, 4.69) is 10.6 Å². The molecule has 3 amide bonds. The molecular formula is C28H24ClN3O5. The number of rotatable bonds is 7. The minimum Gasteiger partial charge on any atom is -0.462 e. The summed E-state index contributed by atoms with van der Waals surface area (Å²) in [5.41, 5.74) is 4.25. The number of ether oxygens (including phenoxy) is 1. The van der Waals surface area contributed by atoms with Crippen molar-refractivity contribution in [1.29, 1.82) is 0 Å². The van der Waals surface area contributed by atoms with Crippen LogP contribution >= 0.6 is 11.6 Å². The van der Waals surface area contributed by atoms with Crippen LogP contribution in [0.3, 0.4) is 0 Å². The van der Waals surface area contributed by atoms with Crippen LogP contribution in [0.25, 0.3) is 0 Å². The largest absolute Gasteiger partial charge is 0.462 e. The zero-order valence-electron chi connectivity index (χ0n) is 20.4. The number of nitrogens with one attached hydrogen (secondary N) is 2. The van der Waals surface area contributed by atoms with Gasteiger partial charge in [-0.2, -0.15) is 0 Å². The zero-order chi connectivity index (χ0) is 26.7. The van der Waals surface area contributed by atoms with E-state index in [1.54, 1.807) is 31.2 Å². The number of nitrogens with zero attached hydrogens (tertiary/aromatic N) is 1. The summed E-state index contributed by atoms with van der Waals surface area (Å²) in [6.45, 7) is 5.90. The Labute approximate surface area is 218 Å². The lowest BCUT2D eigenvalue weighted by atomic mass is 10.1. The summed E-state index contributed by atoms with van der Waals surface area (Å²) in [6.07, 6.45) is 0. The van der Waals surface area contributed by atoms with Crippen molar-refractivity contribution < 1.29 is 23.9 Å². The average Bonchev–Trinajstić information content (AvgIpc) is 3.10. The molecule has 188 valence electrons. The van der Waals surface area contributed by atoms with Gasteiger partial charge in [0.05, 0.1) is 17.9 Å². The van der Waals surface area contributed by atoms with Crippen molar-refractivity contribution in [2.45, 2.75) is 20.8 Å². The molecule has 0 fully saturated rings. The highest BCUT2D eigenvalue weighted by molar-refractivity contribution is 6.53. The van der Waals surface area contributed by atoms with E-state index in [1.807, 2.05) is 32.0 Å². The highest BCUT2D eigenvalue weighted by Crippen LogP contribution is 2.30. The van der Waals surface area contributed by atoms with Crippen molar-refractivity contribution in [3.63, 3.8) is 0 Å². The molecule has 3 aromatic rings. The molecule has 0 saturated carbocycles.